The highest BCUT2D eigenvalue weighted by Gasteiger charge is 2.15. The van der Waals surface area contributed by atoms with Crippen molar-refractivity contribution in [3.63, 3.8) is 0 Å². The molecule has 148 valence electrons. The number of rotatable bonds is 7. The van der Waals surface area contributed by atoms with E-state index < -0.39 is 0 Å². The van der Waals surface area contributed by atoms with Gasteiger partial charge in [0.1, 0.15) is 13.6 Å². The molecule has 4 rings (SSSR count). The summed E-state index contributed by atoms with van der Waals surface area (Å²) in [5.41, 5.74) is 4.73. The van der Waals surface area contributed by atoms with Gasteiger partial charge in [-0.1, -0.05) is 39.6 Å². The second-order valence-corrected chi connectivity index (χ2v) is 8.18. The normalized spacial score (nSPS) is 12.4. The van der Waals surface area contributed by atoms with Crippen molar-refractivity contribution < 1.29 is 9.47 Å². The Morgan fingerprint density at radius 1 is 1.00 bits per heavy atom. The second-order valence-electron chi connectivity index (χ2n) is 7.26. The van der Waals surface area contributed by atoms with Crippen LogP contribution in [0.4, 0.5) is 5.69 Å². The van der Waals surface area contributed by atoms with E-state index in [2.05, 4.69) is 70.1 Å². The van der Waals surface area contributed by atoms with Crippen LogP contribution < -0.4 is 15.5 Å². The predicted octanol–water partition coefficient (Wildman–Crippen LogP) is 3.95. The third-order valence-corrected chi connectivity index (χ3v) is 5.80. The lowest BCUT2D eigenvalue weighted by Crippen LogP contribution is -2.27. The number of nitrogens with one attached hydrogen (secondary N) is 1. The monoisotopic (exact) mass is 450 g/mol. The van der Waals surface area contributed by atoms with Crippen molar-refractivity contribution in [3.8, 4) is 5.75 Å². The molecule has 4 aromatic rings. The van der Waals surface area contributed by atoms with Crippen LogP contribution in [0, 0.1) is 0 Å². The van der Waals surface area contributed by atoms with E-state index in [1.54, 1.807) is 14.2 Å². The van der Waals surface area contributed by atoms with Crippen LogP contribution in [0.3, 0.4) is 0 Å². The molecule has 1 heterocycles. The number of fused-ring (bicyclic) bond motifs is 3. The highest BCUT2D eigenvalue weighted by Crippen LogP contribution is 2.31. The van der Waals surface area contributed by atoms with Crippen molar-refractivity contribution in [3.05, 3.63) is 65.1 Å². The van der Waals surface area contributed by atoms with Gasteiger partial charge in [-0.05, 0) is 36.4 Å². The molecule has 1 unspecified atom stereocenters. The Balaban J connectivity index is 1.64. The fourth-order valence-electron chi connectivity index (χ4n) is 3.78. The first-order valence-corrected chi connectivity index (χ1v) is 10.5. The number of hydrogen-bond donors (Lipinski definition) is 1. The molecule has 6 heteroatoms. The zero-order valence-corrected chi connectivity index (χ0v) is 18.5. The highest BCUT2D eigenvalue weighted by molar-refractivity contribution is 9.10. The Morgan fingerprint density at radius 2 is 1.76 bits per heavy atom. The van der Waals surface area contributed by atoms with E-state index in [-0.39, 0.29) is 6.10 Å². The lowest BCUT2D eigenvalue weighted by Gasteiger charge is -2.19. The maximum atomic E-state index is 5.82. The SMILES string of the molecule is Bc1ccc2c(c1)c1cc(Br)ccc1n2CC(CNc1cccc(OC)c1)OC. The van der Waals surface area contributed by atoms with Crippen molar-refractivity contribution in [2.24, 2.45) is 0 Å². The molecule has 4 nitrogen and oxygen atoms in total. The summed E-state index contributed by atoms with van der Waals surface area (Å²) in [6.45, 7) is 1.46. The van der Waals surface area contributed by atoms with Crippen LogP contribution in [-0.4, -0.2) is 39.3 Å². The summed E-state index contributed by atoms with van der Waals surface area (Å²) in [4.78, 5) is 0. The third-order valence-electron chi connectivity index (χ3n) is 5.31. The molecule has 0 fully saturated rings. The van der Waals surface area contributed by atoms with Gasteiger partial charge in [0.2, 0.25) is 0 Å². The minimum Gasteiger partial charge on any atom is -0.497 e. The first-order valence-electron chi connectivity index (χ1n) is 9.68. The first-order chi connectivity index (χ1) is 14.1. The molecule has 1 N–H and O–H groups in total. The fraction of sp³-hybridized carbons (Fsp3) is 0.217. The zero-order chi connectivity index (χ0) is 20.4. The van der Waals surface area contributed by atoms with Crippen molar-refractivity contribution in [1.82, 2.24) is 4.57 Å². The summed E-state index contributed by atoms with van der Waals surface area (Å²) in [5.74, 6) is 0.840. The minimum absolute atomic E-state index is 0.0185. The summed E-state index contributed by atoms with van der Waals surface area (Å²) in [5, 5.41) is 6.00. The molecule has 0 spiro atoms. The van der Waals surface area contributed by atoms with Crippen LogP contribution in [0.15, 0.2) is 65.1 Å². The van der Waals surface area contributed by atoms with Crippen LogP contribution in [0.2, 0.25) is 0 Å². The smallest absolute Gasteiger partial charge is 0.139 e. The number of aromatic nitrogens is 1. The van der Waals surface area contributed by atoms with E-state index in [0.29, 0.717) is 6.54 Å². The molecule has 0 aliphatic heterocycles. The van der Waals surface area contributed by atoms with Gasteiger partial charge in [0.05, 0.1) is 19.8 Å². The summed E-state index contributed by atoms with van der Waals surface area (Å²) >= 11 is 3.62. The molecule has 1 aromatic heterocycles. The Bertz CT molecular complexity index is 1100. The Kier molecular flexibility index (Phi) is 5.83. The lowest BCUT2D eigenvalue weighted by atomic mass is 9.94. The molecule has 0 saturated carbocycles. The van der Waals surface area contributed by atoms with Crippen molar-refractivity contribution in [2.75, 3.05) is 26.1 Å². The van der Waals surface area contributed by atoms with Crippen LogP contribution in [0.1, 0.15) is 0 Å². The summed E-state index contributed by atoms with van der Waals surface area (Å²) in [6, 6.07) is 21.1. The number of methoxy groups -OCH3 is 2. The number of nitrogens with zero attached hydrogens (tertiary/aromatic N) is 1. The molecule has 1 atom stereocenters. The van der Waals surface area contributed by atoms with E-state index in [9.17, 15) is 0 Å². The Hall–Kier alpha value is -2.44. The Labute approximate surface area is 180 Å². The van der Waals surface area contributed by atoms with Gasteiger partial charge >= 0.3 is 0 Å². The van der Waals surface area contributed by atoms with Gasteiger partial charge in [0.15, 0.2) is 0 Å². The molecule has 29 heavy (non-hydrogen) atoms. The van der Waals surface area contributed by atoms with Gasteiger partial charge in [-0.25, -0.2) is 0 Å². The van der Waals surface area contributed by atoms with Gasteiger partial charge in [-0.3, -0.25) is 0 Å². The first kappa shape index (κ1) is 19.9. The summed E-state index contributed by atoms with van der Waals surface area (Å²) in [6.07, 6.45) is 0.0185. The predicted molar refractivity (Wildman–Crippen MR) is 128 cm³/mol. The molecule has 0 bridgehead atoms. The van der Waals surface area contributed by atoms with Crippen LogP contribution >= 0.6 is 15.9 Å². The van der Waals surface area contributed by atoms with Gasteiger partial charge in [0.25, 0.3) is 0 Å². The molecule has 0 aliphatic carbocycles. The van der Waals surface area contributed by atoms with Crippen LogP contribution in [-0.2, 0) is 11.3 Å². The minimum atomic E-state index is 0.0185. The van der Waals surface area contributed by atoms with Crippen molar-refractivity contribution in [2.45, 2.75) is 12.6 Å². The Morgan fingerprint density at radius 3 is 2.52 bits per heavy atom. The van der Waals surface area contributed by atoms with Gasteiger partial charge in [0, 0.05) is 51.7 Å². The standard InChI is InChI=1S/C23H24BBrN2O2/c1-28-18-5-3-4-17(12-18)26-13-19(29-2)14-27-22-8-6-15(24)10-20(22)21-11-16(25)7-9-23(21)27/h3-12,19,26H,13-14,24H2,1-2H3. The van der Waals surface area contributed by atoms with Gasteiger partial charge in [-0.15, -0.1) is 0 Å². The molecular formula is C23H24BBrN2O2. The number of ether oxygens (including phenoxy) is 2. The van der Waals surface area contributed by atoms with Crippen molar-refractivity contribution >= 4 is 56.7 Å². The maximum Gasteiger partial charge on any atom is 0.139 e. The molecule has 0 amide bonds. The number of halogens is 1. The van der Waals surface area contributed by atoms with E-state index >= 15 is 0 Å². The summed E-state index contributed by atoms with van der Waals surface area (Å²) in [7, 11) is 5.59. The van der Waals surface area contributed by atoms with Gasteiger partial charge in [-0.2, -0.15) is 0 Å². The topological polar surface area (TPSA) is 35.4 Å². The van der Waals surface area contributed by atoms with E-state index in [0.717, 1.165) is 22.5 Å². The van der Waals surface area contributed by atoms with E-state index in [4.69, 9.17) is 9.47 Å². The quantitative estimate of drug-likeness (QED) is 0.433. The largest absolute Gasteiger partial charge is 0.497 e. The zero-order valence-electron chi connectivity index (χ0n) is 16.9. The molecular weight excluding hydrogens is 427 g/mol. The van der Waals surface area contributed by atoms with E-state index in [1.165, 1.54) is 27.3 Å². The molecule has 3 aromatic carbocycles. The van der Waals surface area contributed by atoms with Crippen LogP contribution in [0.5, 0.6) is 5.75 Å². The maximum absolute atomic E-state index is 5.82. The van der Waals surface area contributed by atoms with Gasteiger partial charge < -0.3 is 19.4 Å². The molecule has 0 saturated heterocycles. The lowest BCUT2D eigenvalue weighted by molar-refractivity contribution is 0.100. The average Bonchev–Trinajstić information content (AvgIpc) is 3.03. The number of anilines is 1. The third kappa shape index (κ3) is 4.14. The highest BCUT2D eigenvalue weighted by atomic mass is 79.9. The van der Waals surface area contributed by atoms with E-state index in [1.807, 2.05) is 24.3 Å². The molecule has 0 aliphatic rings. The summed E-state index contributed by atoms with van der Waals surface area (Å²) < 4.78 is 14.6. The fourth-order valence-corrected chi connectivity index (χ4v) is 4.14. The number of hydrogen-bond acceptors (Lipinski definition) is 3. The second kappa shape index (κ2) is 8.51. The van der Waals surface area contributed by atoms with Crippen LogP contribution in [0.25, 0.3) is 21.8 Å². The number of benzene rings is 3. The van der Waals surface area contributed by atoms with Crippen molar-refractivity contribution in [1.29, 1.82) is 0 Å². The average molecular weight is 451 g/mol. The molecule has 0 radical (unpaired) electrons.